The van der Waals surface area contributed by atoms with E-state index in [4.69, 9.17) is 0 Å². The average Bonchev–Trinajstić information content (AvgIpc) is 2.92. The monoisotopic (exact) mass is 417 g/mol. The summed E-state index contributed by atoms with van der Waals surface area (Å²) in [4.78, 5) is 16.2. The minimum atomic E-state index is -0.552. The van der Waals surface area contributed by atoms with E-state index in [0.29, 0.717) is 28.8 Å². The minimum absolute atomic E-state index is 0.340. The van der Waals surface area contributed by atoms with Crippen LogP contribution in [0.15, 0.2) is 31.0 Å². The van der Waals surface area contributed by atoms with Gasteiger partial charge in [0.25, 0.3) is 0 Å². The van der Waals surface area contributed by atoms with Crippen LogP contribution in [0.1, 0.15) is 20.3 Å². The second-order valence-electron chi connectivity index (χ2n) is 4.14. The Bertz CT molecular complexity index is 733. The topological polar surface area (TPSA) is 56.5 Å². The van der Waals surface area contributed by atoms with Crippen LogP contribution < -0.4 is 0 Å². The molecule has 0 fully saturated rings. The Morgan fingerprint density at radius 3 is 2.67 bits per heavy atom. The summed E-state index contributed by atoms with van der Waals surface area (Å²) in [5.74, 6) is -0.552. The van der Waals surface area contributed by atoms with Crippen LogP contribution in [0.5, 0.6) is 0 Å². The van der Waals surface area contributed by atoms with Crippen molar-refractivity contribution >= 4 is 39.6 Å². The van der Waals surface area contributed by atoms with Crippen molar-refractivity contribution in [3.63, 3.8) is 0 Å². The van der Waals surface area contributed by atoms with Gasteiger partial charge < -0.3 is 0 Å². The third kappa shape index (κ3) is 3.52. The van der Waals surface area contributed by atoms with Gasteiger partial charge >= 0.3 is 0 Å². The third-order valence-corrected chi connectivity index (χ3v) is 4.51. The molecule has 0 bridgehead atoms. The highest BCUT2D eigenvalue weighted by atomic mass is 127. The molecule has 0 aliphatic rings. The largest absolute Gasteiger partial charge is 0.287 e. The maximum atomic E-state index is 13.7. The third-order valence-electron chi connectivity index (χ3n) is 2.44. The number of imidazole rings is 1. The number of hydrogen-bond donors (Lipinski definition) is 0. The number of rotatable bonds is 2. The number of hydrogen-bond acceptors (Lipinski definition) is 4. The summed E-state index contributed by atoms with van der Waals surface area (Å²) in [7, 11) is 0. The van der Waals surface area contributed by atoms with Crippen molar-refractivity contribution in [2.24, 2.45) is 0 Å². The summed E-state index contributed by atoms with van der Waals surface area (Å²) < 4.78 is 15.6. The van der Waals surface area contributed by atoms with Crippen molar-refractivity contribution in [2.45, 2.75) is 20.3 Å². The minimum Gasteiger partial charge on any atom is -0.287 e. The van der Waals surface area contributed by atoms with Crippen molar-refractivity contribution in [3.05, 3.63) is 36.9 Å². The summed E-state index contributed by atoms with van der Waals surface area (Å²) in [5.41, 5.74) is 2.11. The van der Waals surface area contributed by atoms with Crippen LogP contribution in [0.3, 0.4) is 0 Å². The van der Waals surface area contributed by atoms with Crippen LogP contribution in [-0.2, 0) is 0 Å². The lowest BCUT2D eigenvalue weighted by Gasteiger charge is -2.02. The molecule has 0 saturated carbocycles. The second kappa shape index (κ2) is 7.70. The van der Waals surface area contributed by atoms with Crippen molar-refractivity contribution in [1.82, 2.24) is 24.3 Å². The molecule has 0 aliphatic carbocycles. The van der Waals surface area contributed by atoms with E-state index in [1.54, 1.807) is 18.5 Å². The Morgan fingerprint density at radius 2 is 2.00 bits per heavy atom. The van der Waals surface area contributed by atoms with Gasteiger partial charge in [-0.3, -0.25) is 4.34 Å². The molecule has 0 saturated heterocycles. The highest BCUT2D eigenvalue weighted by Crippen LogP contribution is 2.31. The molecule has 5 nitrogen and oxygen atoms in total. The van der Waals surface area contributed by atoms with Crippen LogP contribution in [0.4, 0.5) is 4.39 Å². The lowest BCUT2D eigenvalue weighted by Crippen LogP contribution is -1.93. The van der Waals surface area contributed by atoms with E-state index in [1.165, 1.54) is 18.9 Å². The maximum Gasteiger partial charge on any atom is 0.222 e. The normalized spacial score (nSPS) is 10.9. The molecule has 0 aliphatic heterocycles. The molecule has 21 heavy (non-hydrogen) atoms. The number of nitrogens with zero attached hydrogens (tertiary/aromatic N) is 5. The number of halogens is 2. The van der Waals surface area contributed by atoms with E-state index < -0.39 is 5.95 Å². The van der Waals surface area contributed by atoms with Gasteiger partial charge in [0.05, 0.1) is 11.9 Å². The first kappa shape index (κ1) is 16.2. The fourth-order valence-corrected chi connectivity index (χ4v) is 3.06. The predicted octanol–water partition coefficient (Wildman–Crippen LogP) is 4.24. The molecule has 0 aromatic carbocycles. The Balaban J connectivity index is 0.000000497. The van der Waals surface area contributed by atoms with Crippen molar-refractivity contribution in [1.29, 1.82) is 0 Å². The predicted molar refractivity (Wildman–Crippen MR) is 92.2 cm³/mol. The summed E-state index contributed by atoms with van der Waals surface area (Å²) in [6.07, 6.45) is 6.24. The summed E-state index contributed by atoms with van der Waals surface area (Å²) in [6, 6.07) is 3.30. The number of aromatic nitrogens is 5. The molecule has 3 aromatic rings. The van der Waals surface area contributed by atoms with Crippen LogP contribution in [0.2, 0.25) is 0 Å². The molecule has 0 spiro atoms. The van der Waals surface area contributed by atoms with Gasteiger partial charge in [0, 0.05) is 6.20 Å². The molecular formula is C13H14FIN5P. The zero-order valence-corrected chi connectivity index (χ0v) is 14.7. The highest BCUT2D eigenvalue weighted by molar-refractivity contribution is 14.2. The average molecular weight is 417 g/mol. The Kier molecular flexibility index (Phi) is 5.93. The Labute approximate surface area is 136 Å². The van der Waals surface area contributed by atoms with Gasteiger partial charge in [-0.15, -0.1) is 0 Å². The van der Waals surface area contributed by atoms with E-state index in [9.17, 15) is 4.39 Å². The van der Waals surface area contributed by atoms with Crippen molar-refractivity contribution in [3.8, 4) is 11.3 Å². The van der Waals surface area contributed by atoms with Crippen LogP contribution in [0, 0.1) is 5.95 Å². The Morgan fingerprint density at radius 1 is 1.24 bits per heavy atom. The first-order chi connectivity index (χ1) is 10.2. The van der Waals surface area contributed by atoms with E-state index in [2.05, 4.69) is 55.8 Å². The zero-order chi connectivity index (χ0) is 15.2. The van der Waals surface area contributed by atoms with Gasteiger partial charge in [-0.05, 0) is 34.2 Å². The van der Waals surface area contributed by atoms with Gasteiger partial charge in [-0.25, -0.2) is 19.9 Å². The molecule has 1 unspecified atom stereocenters. The lowest BCUT2D eigenvalue weighted by atomic mass is 10.2. The van der Waals surface area contributed by atoms with Crippen molar-refractivity contribution in [2.75, 3.05) is 0 Å². The van der Waals surface area contributed by atoms with Gasteiger partial charge in [-0.2, -0.15) is 4.39 Å². The fraction of sp³-hybridized carbons (Fsp3) is 0.231. The smallest absolute Gasteiger partial charge is 0.222 e. The molecule has 0 radical (unpaired) electrons. The summed E-state index contributed by atoms with van der Waals surface area (Å²) in [5, 5.41) is 0. The van der Waals surface area contributed by atoms with Crippen LogP contribution >= 0.6 is 28.4 Å². The van der Waals surface area contributed by atoms with Gasteiger partial charge in [0.1, 0.15) is 23.9 Å². The second-order valence-corrected chi connectivity index (χ2v) is 6.24. The highest BCUT2D eigenvalue weighted by Gasteiger charge is 2.14. The van der Waals surface area contributed by atoms with Gasteiger partial charge in [0.2, 0.25) is 5.95 Å². The van der Waals surface area contributed by atoms with Crippen LogP contribution in [0.25, 0.3) is 22.4 Å². The van der Waals surface area contributed by atoms with Gasteiger partial charge in [0.15, 0.2) is 5.65 Å². The zero-order valence-electron chi connectivity index (χ0n) is 11.6. The van der Waals surface area contributed by atoms with Crippen molar-refractivity contribution < 1.29 is 4.39 Å². The number of pyridine rings is 1. The quantitative estimate of drug-likeness (QED) is 0.356. The summed E-state index contributed by atoms with van der Waals surface area (Å²) in [6.45, 7) is 4.25. The maximum absolute atomic E-state index is 13.7. The fourth-order valence-electron chi connectivity index (χ4n) is 1.66. The standard InChI is InChI=1S/C10H6FIN5P.C3H8/c11-9-6(2-1-3-13-9)7-8-10(15-4-14-7)17(18-12)5-16-8;1-3-2/h1-5,18H;3H2,1-2H3. The molecule has 0 amide bonds. The van der Waals surface area contributed by atoms with E-state index in [-0.39, 0.29) is 0 Å². The Hall–Kier alpha value is -1.21. The number of fused-ring (bicyclic) bond motifs is 1. The van der Waals surface area contributed by atoms with Gasteiger partial charge in [-0.1, -0.05) is 20.3 Å². The first-order valence-corrected chi connectivity index (χ1v) is 10.4. The molecule has 110 valence electrons. The molecular weight excluding hydrogens is 403 g/mol. The lowest BCUT2D eigenvalue weighted by molar-refractivity contribution is 0.587. The molecule has 8 heteroatoms. The molecule has 1 atom stereocenters. The molecule has 3 aromatic heterocycles. The van der Waals surface area contributed by atoms with Crippen LogP contribution in [-0.4, -0.2) is 24.3 Å². The molecule has 3 heterocycles. The van der Waals surface area contributed by atoms with E-state index >= 15 is 0 Å². The molecule has 3 rings (SSSR count). The SMILES string of the molecule is CCC.Fc1ncccc1-c1ncnc2c1ncn2PI. The van der Waals surface area contributed by atoms with E-state index in [0.717, 1.165) is 0 Å². The van der Waals surface area contributed by atoms with E-state index in [1.807, 2.05) is 4.34 Å². The first-order valence-electron chi connectivity index (χ1n) is 6.38. The summed E-state index contributed by atoms with van der Waals surface area (Å²) >= 11 is 2.24. The molecule has 0 N–H and O–H groups in total.